The fraction of sp³-hybridized carbons (Fsp3) is 0.176. The number of ether oxygens (including phenoxy) is 2. The maximum absolute atomic E-state index is 11.7. The molecule has 2 amide bonds. The second-order valence-corrected chi connectivity index (χ2v) is 4.50. The number of methoxy groups -OCH3 is 1. The molecule has 0 bridgehead atoms. The van der Waals surface area contributed by atoms with Gasteiger partial charge in [-0.05, 0) is 31.2 Å². The lowest BCUT2D eigenvalue weighted by molar-refractivity contribution is 0.252. The van der Waals surface area contributed by atoms with Crippen molar-refractivity contribution in [3.63, 3.8) is 0 Å². The second kappa shape index (κ2) is 8.43. The molecular formula is C17H19N3O3. The van der Waals surface area contributed by atoms with Crippen LogP contribution in [0.3, 0.4) is 0 Å². The minimum atomic E-state index is -0.424. The molecule has 0 aliphatic rings. The van der Waals surface area contributed by atoms with Crippen LogP contribution in [0.15, 0.2) is 53.6 Å². The summed E-state index contributed by atoms with van der Waals surface area (Å²) in [6.07, 6.45) is 1.51. The third kappa shape index (κ3) is 4.74. The smallest absolute Gasteiger partial charge is 0.339 e. The average molecular weight is 313 g/mol. The van der Waals surface area contributed by atoms with Crippen LogP contribution in [-0.2, 0) is 0 Å². The van der Waals surface area contributed by atoms with E-state index in [-0.39, 0.29) is 0 Å². The van der Waals surface area contributed by atoms with Gasteiger partial charge >= 0.3 is 6.03 Å². The number of rotatable bonds is 6. The van der Waals surface area contributed by atoms with Crippen LogP contribution in [0.1, 0.15) is 12.5 Å². The predicted molar refractivity (Wildman–Crippen MR) is 90.4 cm³/mol. The Morgan fingerprint density at radius 3 is 2.65 bits per heavy atom. The maximum Gasteiger partial charge on any atom is 0.339 e. The summed E-state index contributed by atoms with van der Waals surface area (Å²) in [7, 11) is 1.56. The number of nitrogens with zero attached hydrogens (tertiary/aromatic N) is 1. The van der Waals surface area contributed by atoms with E-state index in [1.807, 2.05) is 43.3 Å². The summed E-state index contributed by atoms with van der Waals surface area (Å²) in [5.41, 5.74) is 3.80. The summed E-state index contributed by atoms with van der Waals surface area (Å²) >= 11 is 0. The summed E-state index contributed by atoms with van der Waals surface area (Å²) in [6.45, 7) is 2.43. The molecule has 0 radical (unpaired) electrons. The van der Waals surface area contributed by atoms with Crippen LogP contribution in [0.5, 0.6) is 11.5 Å². The largest absolute Gasteiger partial charge is 0.492 e. The monoisotopic (exact) mass is 313 g/mol. The van der Waals surface area contributed by atoms with E-state index in [0.717, 1.165) is 0 Å². The summed E-state index contributed by atoms with van der Waals surface area (Å²) in [6, 6.07) is 14.2. The van der Waals surface area contributed by atoms with Gasteiger partial charge in [0.2, 0.25) is 0 Å². The molecule has 120 valence electrons. The molecule has 0 fully saturated rings. The van der Waals surface area contributed by atoms with Crippen LogP contribution < -0.4 is 20.2 Å². The third-order valence-electron chi connectivity index (χ3n) is 2.91. The van der Waals surface area contributed by atoms with E-state index in [1.54, 1.807) is 19.2 Å². The number of hydrogen-bond acceptors (Lipinski definition) is 4. The molecule has 2 aromatic carbocycles. The third-order valence-corrected chi connectivity index (χ3v) is 2.91. The highest BCUT2D eigenvalue weighted by atomic mass is 16.5. The van der Waals surface area contributed by atoms with Crippen LogP contribution in [0.2, 0.25) is 0 Å². The molecule has 6 nitrogen and oxygen atoms in total. The van der Waals surface area contributed by atoms with Gasteiger partial charge in [0.1, 0.15) is 0 Å². The van der Waals surface area contributed by atoms with E-state index in [2.05, 4.69) is 15.8 Å². The van der Waals surface area contributed by atoms with Gasteiger partial charge in [-0.15, -0.1) is 0 Å². The summed E-state index contributed by atoms with van der Waals surface area (Å²) < 4.78 is 10.8. The van der Waals surface area contributed by atoms with Crippen LogP contribution in [0, 0.1) is 0 Å². The lowest BCUT2D eigenvalue weighted by Crippen LogP contribution is -2.24. The van der Waals surface area contributed by atoms with Gasteiger partial charge in [0.05, 0.1) is 19.9 Å². The number of carbonyl (C=O) groups excluding carboxylic acids is 1. The van der Waals surface area contributed by atoms with Crippen molar-refractivity contribution in [1.82, 2.24) is 5.43 Å². The first kappa shape index (κ1) is 16.4. The van der Waals surface area contributed by atoms with E-state index < -0.39 is 6.03 Å². The van der Waals surface area contributed by atoms with Crippen molar-refractivity contribution in [3.05, 3.63) is 54.1 Å². The van der Waals surface area contributed by atoms with Gasteiger partial charge in [-0.1, -0.05) is 24.3 Å². The molecule has 2 aromatic rings. The molecule has 0 atom stereocenters. The molecule has 2 rings (SSSR count). The van der Waals surface area contributed by atoms with Gasteiger partial charge in [0, 0.05) is 11.3 Å². The lowest BCUT2D eigenvalue weighted by Gasteiger charge is -2.11. The van der Waals surface area contributed by atoms with Crippen molar-refractivity contribution in [2.45, 2.75) is 6.92 Å². The van der Waals surface area contributed by atoms with Crippen LogP contribution >= 0.6 is 0 Å². The van der Waals surface area contributed by atoms with Crippen molar-refractivity contribution in [1.29, 1.82) is 0 Å². The van der Waals surface area contributed by atoms with E-state index in [4.69, 9.17) is 9.47 Å². The van der Waals surface area contributed by atoms with Crippen LogP contribution in [-0.4, -0.2) is 26.0 Å². The van der Waals surface area contributed by atoms with Crippen LogP contribution in [0.4, 0.5) is 10.5 Å². The van der Waals surface area contributed by atoms with Crippen molar-refractivity contribution in [2.24, 2.45) is 5.10 Å². The summed E-state index contributed by atoms with van der Waals surface area (Å²) in [4.78, 5) is 11.7. The zero-order valence-electron chi connectivity index (χ0n) is 13.1. The first-order chi connectivity index (χ1) is 11.2. The molecule has 23 heavy (non-hydrogen) atoms. The Balaban J connectivity index is 2.00. The number of hydrogen-bond donors (Lipinski definition) is 2. The number of carbonyl (C=O) groups is 1. The fourth-order valence-corrected chi connectivity index (χ4v) is 1.96. The van der Waals surface area contributed by atoms with Crippen molar-refractivity contribution in [2.75, 3.05) is 19.0 Å². The molecule has 0 aromatic heterocycles. The zero-order chi connectivity index (χ0) is 16.5. The van der Waals surface area contributed by atoms with Gasteiger partial charge in [0.15, 0.2) is 11.5 Å². The van der Waals surface area contributed by atoms with E-state index in [1.165, 1.54) is 6.21 Å². The van der Waals surface area contributed by atoms with Gasteiger partial charge in [-0.2, -0.15) is 5.10 Å². The Hall–Kier alpha value is -3.02. The normalized spacial score (nSPS) is 10.3. The van der Waals surface area contributed by atoms with Crippen molar-refractivity contribution >= 4 is 17.9 Å². The van der Waals surface area contributed by atoms with Crippen molar-refractivity contribution < 1.29 is 14.3 Å². The van der Waals surface area contributed by atoms with E-state index >= 15 is 0 Å². The quantitative estimate of drug-likeness (QED) is 0.635. The molecule has 0 spiro atoms. The highest BCUT2D eigenvalue weighted by Crippen LogP contribution is 2.29. The maximum atomic E-state index is 11.7. The molecule has 6 heteroatoms. The molecule has 0 saturated heterocycles. The molecular weight excluding hydrogens is 294 g/mol. The number of para-hydroxylation sites is 2. The Labute approximate surface area is 135 Å². The van der Waals surface area contributed by atoms with Gasteiger partial charge in [0.25, 0.3) is 0 Å². The minimum absolute atomic E-state index is 0.424. The van der Waals surface area contributed by atoms with Gasteiger partial charge in [-0.3, -0.25) is 0 Å². The topological polar surface area (TPSA) is 72.0 Å². The lowest BCUT2D eigenvalue weighted by atomic mass is 10.2. The van der Waals surface area contributed by atoms with Crippen molar-refractivity contribution in [3.8, 4) is 11.5 Å². The standard InChI is InChI=1S/C17H19N3O3/c1-3-23-15-11-7-8-13(16(15)22-2)12-18-20-17(21)19-14-9-5-4-6-10-14/h4-12H,3H2,1-2H3,(H2,19,20,21)/b18-12+. The number of hydrazone groups is 1. The molecule has 0 unspecified atom stereocenters. The Morgan fingerprint density at radius 2 is 1.96 bits per heavy atom. The fourth-order valence-electron chi connectivity index (χ4n) is 1.96. The molecule has 0 heterocycles. The predicted octanol–water partition coefficient (Wildman–Crippen LogP) is 3.25. The number of amides is 2. The van der Waals surface area contributed by atoms with Gasteiger partial charge < -0.3 is 14.8 Å². The average Bonchev–Trinajstić information content (AvgIpc) is 2.56. The highest BCUT2D eigenvalue weighted by molar-refractivity contribution is 5.91. The number of anilines is 1. The first-order valence-corrected chi connectivity index (χ1v) is 7.19. The van der Waals surface area contributed by atoms with Crippen LogP contribution in [0.25, 0.3) is 0 Å². The Bertz CT molecular complexity index is 672. The Morgan fingerprint density at radius 1 is 1.17 bits per heavy atom. The molecule has 2 N–H and O–H groups in total. The van der Waals surface area contributed by atoms with E-state index in [9.17, 15) is 4.79 Å². The van der Waals surface area contributed by atoms with Gasteiger partial charge in [-0.25, -0.2) is 10.2 Å². The molecule has 0 saturated carbocycles. The first-order valence-electron chi connectivity index (χ1n) is 7.19. The molecule has 0 aliphatic carbocycles. The molecule has 0 aliphatic heterocycles. The number of urea groups is 1. The number of nitrogens with one attached hydrogen (secondary N) is 2. The summed E-state index contributed by atoms with van der Waals surface area (Å²) in [5, 5.41) is 6.59. The second-order valence-electron chi connectivity index (χ2n) is 4.50. The zero-order valence-corrected chi connectivity index (χ0v) is 13.1. The van der Waals surface area contributed by atoms with E-state index in [0.29, 0.717) is 29.4 Å². The Kier molecular flexibility index (Phi) is 5.99. The minimum Gasteiger partial charge on any atom is -0.492 e. The highest BCUT2D eigenvalue weighted by Gasteiger charge is 2.08. The number of benzene rings is 2. The summed E-state index contributed by atoms with van der Waals surface area (Å²) in [5.74, 6) is 1.20. The SMILES string of the molecule is CCOc1cccc(/C=N/NC(=O)Nc2ccccc2)c1OC.